The Labute approximate surface area is 104 Å². The first-order chi connectivity index (χ1) is 7.70. The molecule has 0 unspecified atom stereocenters. The largest absolute Gasteiger partial charge is 0.492 e. The van der Waals surface area contributed by atoms with E-state index in [2.05, 4.69) is 21.4 Å². The summed E-state index contributed by atoms with van der Waals surface area (Å²) in [5, 5.41) is 8.79. The second-order valence-corrected chi connectivity index (χ2v) is 5.18. The average Bonchev–Trinajstić information content (AvgIpc) is 3.00. The lowest BCUT2D eigenvalue weighted by atomic mass is 10.1. The summed E-state index contributed by atoms with van der Waals surface area (Å²) in [6, 6.07) is 4.05. The molecule has 0 atom stereocenters. The lowest BCUT2D eigenvalue weighted by molar-refractivity contribution is 0.159. The third-order valence-electron chi connectivity index (χ3n) is 2.69. The third-order valence-corrected chi connectivity index (χ3v) is 3.28. The molecule has 0 amide bonds. The van der Waals surface area contributed by atoms with Crippen LogP contribution in [0.1, 0.15) is 24.0 Å². The number of aryl methyl sites for hydroxylation is 1. The Morgan fingerprint density at radius 2 is 2.25 bits per heavy atom. The first kappa shape index (κ1) is 11.9. The zero-order chi connectivity index (χ0) is 11.5. The second kappa shape index (κ2) is 5.17. The molecule has 1 aliphatic rings. The first-order valence-electron chi connectivity index (χ1n) is 5.49. The number of nitrogens with one attached hydrogen (secondary N) is 1. The Kier molecular flexibility index (Phi) is 3.84. The van der Waals surface area contributed by atoms with Gasteiger partial charge in [0, 0.05) is 12.1 Å². The van der Waals surface area contributed by atoms with Gasteiger partial charge in [0.05, 0.1) is 11.1 Å². The van der Waals surface area contributed by atoms with E-state index in [1.54, 1.807) is 0 Å². The van der Waals surface area contributed by atoms with Crippen LogP contribution in [0.15, 0.2) is 16.6 Å². The van der Waals surface area contributed by atoms with Crippen molar-refractivity contribution in [3.8, 4) is 5.75 Å². The topological polar surface area (TPSA) is 41.5 Å². The van der Waals surface area contributed by atoms with E-state index in [1.165, 1.54) is 12.8 Å². The minimum Gasteiger partial charge on any atom is -0.492 e. The van der Waals surface area contributed by atoms with Crippen LogP contribution >= 0.6 is 15.9 Å². The van der Waals surface area contributed by atoms with Crippen LogP contribution in [0.4, 0.5) is 0 Å². The van der Waals surface area contributed by atoms with Crippen LogP contribution in [-0.2, 0) is 6.54 Å². The van der Waals surface area contributed by atoms with Crippen LogP contribution in [0, 0.1) is 12.8 Å². The summed E-state index contributed by atoms with van der Waals surface area (Å²) >= 11 is 3.50. The summed E-state index contributed by atoms with van der Waals surface area (Å²) in [6.45, 7) is 3.21. The maximum Gasteiger partial charge on any atom is 0.138 e. The Morgan fingerprint density at radius 1 is 1.50 bits per heavy atom. The molecular formula is C12H16BrNO2. The molecule has 2 rings (SSSR count). The fraction of sp³-hybridized carbons (Fsp3) is 0.500. The molecule has 0 radical (unpaired) electrons. The van der Waals surface area contributed by atoms with Gasteiger partial charge in [0.25, 0.3) is 0 Å². The third kappa shape index (κ3) is 2.97. The number of hydrogen-bond donors (Lipinski definition) is 2. The standard InChI is InChI=1S/C12H16BrNO2/c1-8-4-10(6-14-15)12(11(13)5-8)16-7-9-2-3-9/h4-5,9,14-15H,2-3,6-7H2,1H3. The van der Waals surface area contributed by atoms with E-state index in [-0.39, 0.29) is 0 Å². The van der Waals surface area contributed by atoms with Crippen molar-refractivity contribution in [1.29, 1.82) is 0 Å². The maximum atomic E-state index is 8.79. The molecule has 1 aromatic rings. The molecule has 2 N–H and O–H groups in total. The van der Waals surface area contributed by atoms with Gasteiger partial charge in [-0.15, -0.1) is 0 Å². The van der Waals surface area contributed by atoms with Gasteiger partial charge in [0.1, 0.15) is 5.75 Å². The number of rotatable bonds is 5. The molecule has 16 heavy (non-hydrogen) atoms. The van der Waals surface area contributed by atoms with Crippen LogP contribution in [-0.4, -0.2) is 11.8 Å². The Bertz CT molecular complexity index is 378. The molecule has 1 saturated carbocycles. The molecule has 0 aromatic heterocycles. The zero-order valence-electron chi connectivity index (χ0n) is 9.29. The van der Waals surface area contributed by atoms with Crippen molar-refractivity contribution in [3.63, 3.8) is 0 Å². The molecule has 1 fully saturated rings. The predicted octanol–water partition coefficient (Wildman–Crippen LogP) is 3.03. The van der Waals surface area contributed by atoms with Crippen LogP contribution in [0.2, 0.25) is 0 Å². The van der Waals surface area contributed by atoms with E-state index in [4.69, 9.17) is 9.94 Å². The summed E-state index contributed by atoms with van der Waals surface area (Å²) in [7, 11) is 0. The Balaban J connectivity index is 2.16. The van der Waals surface area contributed by atoms with Crippen molar-refractivity contribution in [2.75, 3.05) is 6.61 Å². The minimum absolute atomic E-state index is 0.403. The van der Waals surface area contributed by atoms with Gasteiger partial charge in [-0.3, -0.25) is 0 Å². The van der Waals surface area contributed by atoms with Gasteiger partial charge in [-0.2, -0.15) is 0 Å². The van der Waals surface area contributed by atoms with Crippen molar-refractivity contribution in [2.45, 2.75) is 26.3 Å². The van der Waals surface area contributed by atoms with E-state index in [0.29, 0.717) is 6.54 Å². The molecule has 1 aliphatic carbocycles. The Hall–Kier alpha value is -0.580. The van der Waals surface area contributed by atoms with Gasteiger partial charge in [-0.1, -0.05) is 6.07 Å². The molecule has 3 nitrogen and oxygen atoms in total. The van der Waals surface area contributed by atoms with Gasteiger partial charge >= 0.3 is 0 Å². The first-order valence-corrected chi connectivity index (χ1v) is 6.28. The number of hydrogen-bond acceptors (Lipinski definition) is 3. The maximum absolute atomic E-state index is 8.79. The van der Waals surface area contributed by atoms with Crippen LogP contribution in [0.25, 0.3) is 0 Å². The van der Waals surface area contributed by atoms with E-state index >= 15 is 0 Å². The van der Waals surface area contributed by atoms with Crippen molar-refractivity contribution < 1.29 is 9.94 Å². The van der Waals surface area contributed by atoms with Crippen LogP contribution in [0.3, 0.4) is 0 Å². The highest BCUT2D eigenvalue weighted by molar-refractivity contribution is 9.10. The SMILES string of the molecule is Cc1cc(Br)c(OCC2CC2)c(CNO)c1. The fourth-order valence-corrected chi connectivity index (χ4v) is 2.39. The van der Waals surface area contributed by atoms with Crippen molar-refractivity contribution >= 4 is 15.9 Å². The molecule has 4 heteroatoms. The zero-order valence-corrected chi connectivity index (χ0v) is 10.9. The van der Waals surface area contributed by atoms with Gasteiger partial charge in [-0.25, -0.2) is 5.48 Å². The van der Waals surface area contributed by atoms with Gasteiger partial charge in [0.2, 0.25) is 0 Å². The monoisotopic (exact) mass is 285 g/mol. The molecule has 88 valence electrons. The quantitative estimate of drug-likeness (QED) is 0.817. The van der Waals surface area contributed by atoms with Crippen molar-refractivity contribution in [1.82, 2.24) is 5.48 Å². The summed E-state index contributed by atoms with van der Waals surface area (Å²) in [5.74, 6) is 1.57. The van der Waals surface area contributed by atoms with Crippen LogP contribution in [0.5, 0.6) is 5.75 Å². The van der Waals surface area contributed by atoms with E-state index < -0.39 is 0 Å². The predicted molar refractivity (Wildman–Crippen MR) is 65.7 cm³/mol. The number of ether oxygens (including phenoxy) is 1. The highest BCUT2D eigenvalue weighted by atomic mass is 79.9. The molecule has 1 aromatic carbocycles. The second-order valence-electron chi connectivity index (χ2n) is 4.32. The number of halogens is 1. The molecule has 0 aliphatic heterocycles. The molecular weight excluding hydrogens is 270 g/mol. The Morgan fingerprint density at radius 3 is 2.88 bits per heavy atom. The normalized spacial score (nSPS) is 15.2. The summed E-state index contributed by atoms with van der Waals surface area (Å²) in [5.41, 5.74) is 4.31. The lowest BCUT2D eigenvalue weighted by Crippen LogP contribution is -2.10. The molecule has 0 bridgehead atoms. The highest BCUT2D eigenvalue weighted by Gasteiger charge is 2.23. The lowest BCUT2D eigenvalue weighted by Gasteiger charge is -2.13. The minimum atomic E-state index is 0.403. The van der Waals surface area contributed by atoms with Gasteiger partial charge < -0.3 is 9.94 Å². The van der Waals surface area contributed by atoms with E-state index in [0.717, 1.165) is 33.9 Å². The summed E-state index contributed by atoms with van der Waals surface area (Å²) in [4.78, 5) is 0. The average molecular weight is 286 g/mol. The number of hydroxylamine groups is 1. The molecule has 0 saturated heterocycles. The van der Waals surface area contributed by atoms with E-state index in [1.807, 2.05) is 19.1 Å². The van der Waals surface area contributed by atoms with Crippen molar-refractivity contribution in [3.05, 3.63) is 27.7 Å². The summed E-state index contributed by atoms with van der Waals surface area (Å²) < 4.78 is 6.76. The number of benzene rings is 1. The highest BCUT2D eigenvalue weighted by Crippen LogP contribution is 2.34. The van der Waals surface area contributed by atoms with Gasteiger partial charge in [-0.05, 0) is 53.2 Å². The summed E-state index contributed by atoms with van der Waals surface area (Å²) in [6.07, 6.45) is 2.55. The van der Waals surface area contributed by atoms with Crippen LogP contribution < -0.4 is 10.2 Å². The molecule has 0 spiro atoms. The van der Waals surface area contributed by atoms with Crippen molar-refractivity contribution in [2.24, 2.45) is 5.92 Å². The van der Waals surface area contributed by atoms with Gasteiger partial charge in [0.15, 0.2) is 0 Å². The van der Waals surface area contributed by atoms with E-state index in [9.17, 15) is 0 Å². The molecule has 0 heterocycles. The fourth-order valence-electron chi connectivity index (χ4n) is 1.66. The smallest absolute Gasteiger partial charge is 0.138 e.